The minimum Gasteiger partial charge on any atom is -0.312 e. The van der Waals surface area contributed by atoms with Gasteiger partial charge in [-0.2, -0.15) is 0 Å². The van der Waals surface area contributed by atoms with Gasteiger partial charge in [-0.3, -0.25) is 4.79 Å². The molecule has 0 aliphatic rings. The summed E-state index contributed by atoms with van der Waals surface area (Å²) in [6.07, 6.45) is 4.27. The fraction of sp³-hybridized carbons (Fsp3) is 0.286. The first kappa shape index (κ1) is 19.9. The standard InChI is InChI=1S/C21H25NO3S/c1-3-4-7-16-20(26(24,25)19-14-10-6-11-15-19)17-21(23)22(2)18-12-8-5-9-13-18/h5-6,8-15,17H,3-4,7,16H2,1-2H3/b20-17+. The van der Waals surface area contributed by atoms with E-state index < -0.39 is 9.84 Å². The Kier molecular flexibility index (Phi) is 7.16. The lowest BCUT2D eigenvalue weighted by molar-refractivity contribution is -0.113. The lowest BCUT2D eigenvalue weighted by Crippen LogP contribution is -2.25. The number of anilines is 1. The van der Waals surface area contributed by atoms with Crippen LogP contribution in [0.25, 0.3) is 0 Å². The van der Waals surface area contributed by atoms with Crippen LogP contribution in [0.4, 0.5) is 5.69 Å². The number of carbonyl (C=O) groups excluding carboxylic acids is 1. The molecular weight excluding hydrogens is 346 g/mol. The lowest BCUT2D eigenvalue weighted by Gasteiger charge is -2.16. The van der Waals surface area contributed by atoms with E-state index in [0.29, 0.717) is 6.42 Å². The van der Waals surface area contributed by atoms with Gasteiger partial charge in [-0.25, -0.2) is 8.42 Å². The van der Waals surface area contributed by atoms with Gasteiger partial charge in [0.1, 0.15) is 0 Å². The van der Waals surface area contributed by atoms with Gasteiger partial charge in [0, 0.05) is 18.8 Å². The quantitative estimate of drug-likeness (QED) is 0.504. The maximum atomic E-state index is 13.0. The van der Waals surface area contributed by atoms with Crippen LogP contribution in [0.3, 0.4) is 0 Å². The molecule has 4 nitrogen and oxygen atoms in total. The molecule has 2 aromatic carbocycles. The molecule has 0 spiro atoms. The van der Waals surface area contributed by atoms with Gasteiger partial charge in [0.15, 0.2) is 0 Å². The summed E-state index contributed by atoms with van der Waals surface area (Å²) in [4.78, 5) is 14.5. The Bertz CT molecular complexity index is 843. The molecule has 138 valence electrons. The van der Waals surface area contributed by atoms with E-state index in [1.165, 1.54) is 11.0 Å². The number of sulfone groups is 1. The van der Waals surface area contributed by atoms with E-state index in [4.69, 9.17) is 0 Å². The van der Waals surface area contributed by atoms with Crippen molar-refractivity contribution in [1.29, 1.82) is 0 Å². The van der Waals surface area contributed by atoms with Crippen molar-refractivity contribution in [1.82, 2.24) is 0 Å². The Morgan fingerprint density at radius 3 is 2.12 bits per heavy atom. The number of carbonyl (C=O) groups is 1. The number of nitrogens with zero attached hydrogens (tertiary/aromatic N) is 1. The van der Waals surface area contributed by atoms with E-state index >= 15 is 0 Å². The second kappa shape index (κ2) is 9.34. The van der Waals surface area contributed by atoms with Crippen molar-refractivity contribution >= 4 is 21.4 Å². The van der Waals surface area contributed by atoms with E-state index in [9.17, 15) is 13.2 Å². The number of unbranched alkanes of at least 4 members (excludes halogenated alkanes) is 2. The maximum absolute atomic E-state index is 13.0. The molecular formula is C21H25NO3S. The number of benzene rings is 2. The topological polar surface area (TPSA) is 54.5 Å². The van der Waals surface area contributed by atoms with Crippen molar-refractivity contribution in [2.24, 2.45) is 0 Å². The molecule has 0 bridgehead atoms. The average molecular weight is 372 g/mol. The van der Waals surface area contributed by atoms with Crippen molar-refractivity contribution in [2.75, 3.05) is 11.9 Å². The van der Waals surface area contributed by atoms with Gasteiger partial charge in [-0.15, -0.1) is 0 Å². The van der Waals surface area contributed by atoms with E-state index in [1.54, 1.807) is 37.4 Å². The highest BCUT2D eigenvalue weighted by molar-refractivity contribution is 7.95. The minimum atomic E-state index is -3.68. The molecule has 0 heterocycles. The fourth-order valence-corrected chi connectivity index (χ4v) is 4.08. The van der Waals surface area contributed by atoms with E-state index in [-0.39, 0.29) is 15.7 Å². The Morgan fingerprint density at radius 1 is 0.962 bits per heavy atom. The van der Waals surface area contributed by atoms with E-state index in [1.807, 2.05) is 30.3 Å². The van der Waals surface area contributed by atoms with Gasteiger partial charge in [0.25, 0.3) is 5.91 Å². The van der Waals surface area contributed by atoms with Crippen LogP contribution in [0.5, 0.6) is 0 Å². The minimum absolute atomic E-state index is 0.171. The molecule has 0 radical (unpaired) electrons. The van der Waals surface area contributed by atoms with Crippen molar-refractivity contribution in [3.05, 3.63) is 71.6 Å². The van der Waals surface area contributed by atoms with Crippen LogP contribution in [0.1, 0.15) is 32.6 Å². The number of hydrogen-bond donors (Lipinski definition) is 0. The van der Waals surface area contributed by atoms with Gasteiger partial charge in [-0.1, -0.05) is 56.2 Å². The molecule has 0 aliphatic carbocycles. The molecule has 0 aromatic heterocycles. The number of para-hydroxylation sites is 1. The summed E-state index contributed by atoms with van der Waals surface area (Å²) in [7, 11) is -2.03. The van der Waals surface area contributed by atoms with Crippen molar-refractivity contribution in [3.63, 3.8) is 0 Å². The van der Waals surface area contributed by atoms with Crippen LogP contribution < -0.4 is 4.90 Å². The molecule has 0 saturated heterocycles. The van der Waals surface area contributed by atoms with Crippen LogP contribution in [0, 0.1) is 0 Å². The third-order valence-electron chi connectivity index (χ3n) is 4.18. The molecule has 0 saturated carbocycles. The molecule has 26 heavy (non-hydrogen) atoms. The largest absolute Gasteiger partial charge is 0.312 e. The summed E-state index contributed by atoms with van der Waals surface area (Å²) in [5.74, 6) is -0.345. The Morgan fingerprint density at radius 2 is 1.54 bits per heavy atom. The summed E-state index contributed by atoms with van der Waals surface area (Å²) < 4.78 is 26.0. The van der Waals surface area contributed by atoms with Crippen LogP contribution in [-0.2, 0) is 14.6 Å². The summed E-state index contributed by atoms with van der Waals surface area (Å²) in [5, 5.41) is 0. The Balaban J connectivity index is 2.34. The smallest absolute Gasteiger partial charge is 0.251 e. The van der Waals surface area contributed by atoms with Crippen molar-refractivity contribution < 1.29 is 13.2 Å². The molecule has 2 rings (SSSR count). The zero-order valence-corrected chi connectivity index (χ0v) is 16.1. The van der Waals surface area contributed by atoms with Gasteiger partial charge >= 0.3 is 0 Å². The van der Waals surface area contributed by atoms with Crippen molar-refractivity contribution in [3.8, 4) is 0 Å². The number of hydrogen-bond acceptors (Lipinski definition) is 3. The monoisotopic (exact) mass is 371 g/mol. The first-order valence-corrected chi connectivity index (χ1v) is 10.3. The highest BCUT2D eigenvalue weighted by Gasteiger charge is 2.22. The average Bonchev–Trinajstić information content (AvgIpc) is 2.68. The van der Waals surface area contributed by atoms with Gasteiger partial charge in [0.05, 0.1) is 9.80 Å². The summed E-state index contributed by atoms with van der Waals surface area (Å²) in [5.41, 5.74) is 0.721. The molecule has 0 atom stereocenters. The molecule has 5 heteroatoms. The number of rotatable bonds is 8. The predicted molar refractivity (Wildman–Crippen MR) is 106 cm³/mol. The lowest BCUT2D eigenvalue weighted by atomic mass is 10.2. The van der Waals surface area contributed by atoms with Gasteiger partial charge in [0.2, 0.25) is 9.84 Å². The second-order valence-electron chi connectivity index (χ2n) is 6.12. The highest BCUT2D eigenvalue weighted by Crippen LogP contribution is 2.24. The maximum Gasteiger partial charge on any atom is 0.251 e. The first-order valence-electron chi connectivity index (χ1n) is 8.80. The second-order valence-corrected chi connectivity index (χ2v) is 8.12. The molecule has 0 unspecified atom stereocenters. The molecule has 0 aliphatic heterocycles. The van der Waals surface area contributed by atoms with Crippen LogP contribution >= 0.6 is 0 Å². The Labute approximate surface area is 156 Å². The zero-order chi connectivity index (χ0) is 19.0. The molecule has 1 amide bonds. The summed E-state index contributed by atoms with van der Waals surface area (Å²) in [6.45, 7) is 2.06. The SMILES string of the molecule is CCCCC/C(=C\C(=O)N(C)c1ccccc1)S(=O)(=O)c1ccccc1. The zero-order valence-electron chi connectivity index (χ0n) is 15.3. The molecule has 0 N–H and O–H groups in total. The van der Waals surface area contributed by atoms with Gasteiger partial charge in [-0.05, 0) is 37.1 Å². The number of likely N-dealkylation sites (N-methyl/N-ethyl adjacent to an activating group) is 1. The van der Waals surface area contributed by atoms with Crippen molar-refractivity contribution in [2.45, 2.75) is 37.5 Å². The highest BCUT2D eigenvalue weighted by atomic mass is 32.2. The molecule has 2 aromatic rings. The Hall–Kier alpha value is -2.40. The third kappa shape index (κ3) is 5.05. The predicted octanol–water partition coefficient (Wildman–Crippen LogP) is 4.59. The fourth-order valence-electron chi connectivity index (χ4n) is 2.60. The molecule has 0 fully saturated rings. The number of allylic oxidation sites excluding steroid dienone is 1. The van der Waals surface area contributed by atoms with Crippen LogP contribution in [-0.4, -0.2) is 21.4 Å². The van der Waals surface area contributed by atoms with E-state index in [2.05, 4.69) is 6.92 Å². The summed E-state index contributed by atoms with van der Waals surface area (Å²) >= 11 is 0. The third-order valence-corrected chi connectivity index (χ3v) is 6.09. The van der Waals surface area contributed by atoms with E-state index in [0.717, 1.165) is 24.9 Å². The van der Waals surface area contributed by atoms with Gasteiger partial charge < -0.3 is 4.90 Å². The first-order chi connectivity index (χ1) is 12.5. The summed E-state index contributed by atoms with van der Waals surface area (Å²) in [6, 6.07) is 17.5. The number of amides is 1. The van der Waals surface area contributed by atoms with Crippen LogP contribution in [0.15, 0.2) is 76.5 Å². The normalized spacial score (nSPS) is 12.0. The van der Waals surface area contributed by atoms with Crippen LogP contribution in [0.2, 0.25) is 0 Å².